The first-order valence-corrected chi connectivity index (χ1v) is 14.4. The van der Waals surface area contributed by atoms with Gasteiger partial charge in [-0.3, -0.25) is 5.43 Å². The molecule has 1 aliphatic heterocycles. The van der Waals surface area contributed by atoms with Crippen molar-refractivity contribution in [3.8, 4) is 45.2 Å². The van der Waals surface area contributed by atoms with Gasteiger partial charge in [0.1, 0.15) is 22.9 Å². The van der Waals surface area contributed by atoms with Crippen LogP contribution in [-0.2, 0) is 0 Å². The van der Waals surface area contributed by atoms with Crippen LogP contribution in [0.3, 0.4) is 0 Å². The van der Waals surface area contributed by atoms with E-state index in [1.54, 1.807) is 16.8 Å². The van der Waals surface area contributed by atoms with Crippen LogP contribution < -0.4 is 11.2 Å². The number of hydrogen-bond acceptors (Lipinski definition) is 6. The Kier molecular flexibility index (Phi) is 7.39. The van der Waals surface area contributed by atoms with Crippen molar-refractivity contribution in [2.24, 2.45) is 15.8 Å². The fraction of sp³-hybridized carbons (Fsp3) is 0.0357. The molecule has 0 bridgehead atoms. The van der Waals surface area contributed by atoms with Crippen molar-refractivity contribution in [2.45, 2.75) is 0 Å². The minimum Gasteiger partial charge on any atom is -0.504 e. The number of para-hydroxylation sites is 1. The summed E-state index contributed by atoms with van der Waals surface area (Å²) in [7, 11) is 0. The molecule has 204 valence electrons. The third-order valence-electron chi connectivity index (χ3n) is 6.12. The molecule has 0 unspecified atom stereocenters. The van der Waals surface area contributed by atoms with E-state index in [4.69, 9.17) is 28.1 Å². The van der Waals surface area contributed by atoms with Crippen molar-refractivity contribution in [2.75, 3.05) is 5.75 Å². The smallest absolute Gasteiger partial charge is 0.191 e. The molecule has 5 aromatic rings. The van der Waals surface area contributed by atoms with Crippen molar-refractivity contribution in [1.29, 1.82) is 0 Å². The van der Waals surface area contributed by atoms with E-state index in [9.17, 15) is 9.50 Å². The van der Waals surface area contributed by atoms with E-state index in [1.807, 2.05) is 60.8 Å². The summed E-state index contributed by atoms with van der Waals surface area (Å²) in [6, 6.07) is 23.2. The summed E-state index contributed by atoms with van der Waals surface area (Å²) in [6.45, 7) is 0. The Morgan fingerprint density at radius 2 is 1.71 bits per heavy atom. The van der Waals surface area contributed by atoms with Crippen molar-refractivity contribution in [3.05, 3.63) is 95.3 Å². The zero-order chi connectivity index (χ0) is 28.5. The fourth-order valence-corrected chi connectivity index (χ4v) is 5.39. The van der Waals surface area contributed by atoms with Crippen molar-refractivity contribution in [1.82, 2.24) is 25.0 Å². The number of aromatic nitrogens is 4. The lowest BCUT2D eigenvalue weighted by molar-refractivity contribution is 0.479. The van der Waals surface area contributed by atoms with Gasteiger partial charge in [0.05, 0.1) is 17.0 Å². The number of amidine groups is 1. The molecule has 0 radical (unpaired) electrons. The van der Waals surface area contributed by atoms with Crippen LogP contribution in [0.4, 0.5) is 4.39 Å². The molecule has 9 nitrogen and oxygen atoms in total. The van der Waals surface area contributed by atoms with Crippen LogP contribution in [0.25, 0.3) is 39.5 Å². The van der Waals surface area contributed by atoms with Gasteiger partial charge in [0.2, 0.25) is 0 Å². The monoisotopic (exact) mass is 646 g/mol. The molecular weight excluding hydrogens is 627 g/mol. The van der Waals surface area contributed by atoms with E-state index in [2.05, 4.69) is 31.4 Å². The molecule has 3 heterocycles. The van der Waals surface area contributed by atoms with Crippen LogP contribution in [0, 0.1) is 5.82 Å². The summed E-state index contributed by atoms with van der Waals surface area (Å²) in [5, 5.41) is 26.0. The maximum atomic E-state index is 13.8. The molecule has 0 spiro atoms. The minimum atomic E-state index is -0.396. The van der Waals surface area contributed by atoms with Crippen LogP contribution in [0.5, 0.6) is 5.75 Å². The summed E-state index contributed by atoms with van der Waals surface area (Å²) in [6.07, 6.45) is 1.83. The van der Waals surface area contributed by atoms with E-state index in [1.165, 1.54) is 28.6 Å². The zero-order valence-corrected chi connectivity index (χ0v) is 24.3. The molecule has 6 rings (SSSR count). The minimum absolute atomic E-state index is 0.0214. The van der Waals surface area contributed by atoms with Gasteiger partial charge < -0.3 is 10.8 Å². The number of benzene rings is 3. The Morgan fingerprint density at radius 3 is 2.41 bits per heavy atom. The topological polar surface area (TPSA) is 119 Å². The van der Waals surface area contributed by atoms with Gasteiger partial charge in [-0.05, 0) is 60.7 Å². The van der Waals surface area contributed by atoms with Gasteiger partial charge >= 0.3 is 0 Å². The third kappa shape index (κ3) is 5.51. The van der Waals surface area contributed by atoms with Crippen LogP contribution in [-0.4, -0.2) is 46.5 Å². The molecule has 0 saturated carbocycles. The molecule has 0 atom stereocenters. The number of thioether (sulfide) groups is 1. The molecule has 0 saturated heterocycles. The highest BCUT2D eigenvalue weighted by Gasteiger charge is 2.29. The van der Waals surface area contributed by atoms with Crippen molar-refractivity contribution >= 4 is 56.0 Å². The highest BCUT2D eigenvalue weighted by atomic mass is 79.9. The SMILES string of the molecule is NC(=S)N/N=C1\CSC(n2nc(-c3cn(-c4ccccc4)nc3-c3ccc(Br)cc3)c(O)c2-c2ccc(F)cc2)=N1. The first-order valence-electron chi connectivity index (χ1n) is 12.2. The number of aliphatic imine (C=N–C) groups is 1. The molecule has 3 aromatic carbocycles. The Morgan fingerprint density at radius 1 is 1.00 bits per heavy atom. The Bertz CT molecular complexity index is 1820. The van der Waals surface area contributed by atoms with Gasteiger partial charge in [-0.15, -0.1) is 0 Å². The van der Waals surface area contributed by atoms with Crippen molar-refractivity contribution < 1.29 is 9.50 Å². The van der Waals surface area contributed by atoms with Crippen LogP contribution in [0.2, 0.25) is 0 Å². The molecular formula is C28H20BrFN8OS2. The molecule has 2 aromatic heterocycles. The number of nitrogens with zero attached hydrogens (tertiary/aromatic N) is 6. The predicted octanol–water partition coefficient (Wildman–Crippen LogP) is 5.77. The largest absolute Gasteiger partial charge is 0.504 e. The lowest BCUT2D eigenvalue weighted by Crippen LogP contribution is -2.25. The number of thiocarbonyl (C=S) groups is 1. The Labute approximate surface area is 251 Å². The molecule has 0 amide bonds. The third-order valence-corrected chi connectivity index (χ3v) is 7.66. The van der Waals surface area contributed by atoms with Gasteiger partial charge in [-0.1, -0.05) is 58.0 Å². The van der Waals surface area contributed by atoms with E-state index in [0.717, 1.165) is 15.7 Å². The summed E-state index contributed by atoms with van der Waals surface area (Å²) in [5.41, 5.74) is 12.1. The summed E-state index contributed by atoms with van der Waals surface area (Å²) < 4.78 is 18.0. The van der Waals surface area contributed by atoms with Gasteiger partial charge in [0.15, 0.2) is 21.9 Å². The first kappa shape index (κ1) is 26.9. The average Bonchev–Trinajstić information content (AvgIpc) is 3.71. The number of aromatic hydroxyl groups is 1. The normalized spacial score (nSPS) is 13.9. The fourth-order valence-electron chi connectivity index (χ4n) is 4.27. The second-order valence-electron chi connectivity index (χ2n) is 8.83. The van der Waals surface area contributed by atoms with Gasteiger partial charge in [0.25, 0.3) is 0 Å². The quantitative estimate of drug-likeness (QED) is 0.164. The molecule has 4 N–H and O–H groups in total. The van der Waals surface area contributed by atoms with Gasteiger partial charge in [0, 0.05) is 21.8 Å². The lowest BCUT2D eigenvalue weighted by atomic mass is 10.0. The number of hydrazone groups is 1. The van der Waals surface area contributed by atoms with Crippen molar-refractivity contribution in [3.63, 3.8) is 0 Å². The second-order valence-corrected chi connectivity index (χ2v) is 11.1. The van der Waals surface area contributed by atoms with Gasteiger partial charge in [-0.25, -0.2) is 18.7 Å². The van der Waals surface area contributed by atoms with E-state index in [-0.39, 0.29) is 10.9 Å². The van der Waals surface area contributed by atoms with E-state index in [0.29, 0.717) is 45.0 Å². The Balaban J connectivity index is 1.56. The van der Waals surface area contributed by atoms with Crippen LogP contribution >= 0.6 is 39.9 Å². The van der Waals surface area contributed by atoms with E-state index >= 15 is 0 Å². The van der Waals surface area contributed by atoms with Crippen LogP contribution in [0.1, 0.15) is 0 Å². The highest BCUT2D eigenvalue weighted by molar-refractivity contribution is 9.10. The zero-order valence-electron chi connectivity index (χ0n) is 21.1. The first-order chi connectivity index (χ1) is 19.9. The summed E-state index contributed by atoms with van der Waals surface area (Å²) in [5.74, 6) is 0.385. The maximum absolute atomic E-state index is 13.8. The Hall–Kier alpha value is -4.33. The maximum Gasteiger partial charge on any atom is 0.191 e. The standard InChI is InChI=1S/C28H20BrFN8OS2/c29-18-10-6-16(7-11-18)23-21(14-37(35-23)20-4-2-1-3-5-20)24-26(39)25(17-8-12-19(30)13-9-17)38(36-24)28-32-22(15-41-28)33-34-27(31)40/h1-14,39H,15H2,(H3,31,34,40)/b33-22+. The number of hydrogen-bond donors (Lipinski definition) is 3. The second kappa shape index (κ2) is 11.3. The molecule has 0 fully saturated rings. The predicted molar refractivity (Wildman–Crippen MR) is 168 cm³/mol. The number of rotatable bonds is 5. The molecule has 41 heavy (non-hydrogen) atoms. The highest BCUT2D eigenvalue weighted by Crippen LogP contribution is 2.42. The van der Waals surface area contributed by atoms with E-state index < -0.39 is 5.82 Å². The number of nitrogens with two attached hydrogens (primary N) is 1. The number of nitrogens with one attached hydrogen (secondary N) is 1. The number of halogens is 2. The molecule has 13 heteroatoms. The van der Waals surface area contributed by atoms with Crippen LogP contribution in [0.15, 0.2) is 99.6 Å². The average molecular weight is 648 g/mol. The summed E-state index contributed by atoms with van der Waals surface area (Å²) in [4.78, 5) is 4.57. The molecule has 0 aliphatic carbocycles. The van der Waals surface area contributed by atoms with Gasteiger partial charge in [-0.2, -0.15) is 15.3 Å². The summed E-state index contributed by atoms with van der Waals surface area (Å²) >= 11 is 9.69. The lowest BCUT2D eigenvalue weighted by Gasteiger charge is -2.06. The molecule has 1 aliphatic rings.